The third-order valence-electron chi connectivity index (χ3n) is 5.28. The van der Waals surface area contributed by atoms with Crippen molar-refractivity contribution in [1.82, 2.24) is 19.6 Å². The highest BCUT2D eigenvalue weighted by atomic mass is 16.5. The van der Waals surface area contributed by atoms with Crippen LogP contribution in [0.25, 0.3) is 5.69 Å². The topological polar surface area (TPSA) is 91.4 Å². The number of aryl methyl sites for hydroxylation is 1. The molecule has 170 valence electrons. The zero-order chi connectivity index (χ0) is 22.9. The first kappa shape index (κ1) is 23.4. The van der Waals surface area contributed by atoms with Crippen LogP contribution in [-0.2, 0) is 17.7 Å². The molecule has 8 nitrogen and oxygen atoms in total. The van der Waals surface area contributed by atoms with Gasteiger partial charge in [-0.05, 0) is 36.2 Å². The molecule has 1 N–H and O–H groups in total. The number of hydrogen-bond donors (Lipinski definition) is 1. The van der Waals surface area contributed by atoms with Crippen LogP contribution >= 0.6 is 0 Å². The van der Waals surface area contributed by atoms with Gasteiger partial charge >= 0.3 is 0 Å². The highest BCUT2D eigenvalue weighted by molar-refractivity contribution is 5.37. The molecule has 0 radical (unpaired) electrons. The number of aliphatic hydroxyl groups excluding tert-OH is 1. The number of benzene rings is 1. The summed E-state index contributed by atoms with van der Waals surface area (Å²) in [7, 11) is 3.19. The number of methoxy groups -OCH3 is 2. The van der Waals surface area contributed by atoms with Gasteiger partial charge in [-0.1, -0.05) is 36.4 Å². The number of aliphatic hydroxyl groups is 1. The molecule has 8 heteroatoms. The molecule has 0 spiro atoms. The molecule has 2 atom stereocenters. The van der Waals surface area contributed by atoms with E-state index in [0.29, 0.717) is 12.2 Å². The third-order valence-corrected chi connectivity index (χ3v) is 5.28. The summed E-state index contributed by atoms with van der Waals surface area (Å²) >= 11 is 0. The van der Waals surface area contributed by atoms with Gasteiger partial charge in [-0.2, -0.15) is 0 Å². The second-order valence-electron chi connectivity index (χ2n) is 7.52. The fourth-order valence-electron chi connectivity index (χ4n) is 3.61. The SMILES string of the molecule is COc1cccn(-c2ccc([C@H](OC)[C@@H](C)/C=C/CCn3cc(CCO)nn3)cc2)c1=O. The minimum absolute atomic E-state index is 0.0752. The number of rotatable bonds is 11. The molecule has 0 saturated carbocycles. The lowest BCUT2D eigenvalue weighted by Gasteiger charge is -2.21. The number of pyridine rings is 1. The zero-order valence-corrected chi connectivity index (χ0v) is 18.7. The molecular weight excluding hydrogens is 408 g/mol. The van der Waals surface area contributed by atoms with Gasteiger partial charge in [-0.15, -0.1) is 5.10 Å². The number of nitrogens with zero attached hydrogens (tertiary/aromatic N) is 4. The molecule has 3 aromatic rings. The Morgan fingerprint density at radius 2 is 1.97 bits per heavy atom. The summed E-state index contributed by atoms with van der Waals surface area (Å²) in [4.78, 5) is 12.4. The highest BCUT2D eigenvalue weighted by Gasteiger charge is 2.17. The summed E-state index contributed by atoms with van der Waals surface area (Å²) in [6.45, 7) is 2.91. The maximum atomic E-state index is 12.4. The van der Waals surface area contributed by atoms with E-state index in [2.05, 4.69) is 29.4 Å². The fraction of sp³-hybridized carbons (Fsp3) is 0.375. The molecule has 0 saturated heterocycles. The first-order valence-electron chi connectivity index (χ1n) is 10.6. The smallest absolute Gasteiger partial charge is 0.297 e. The Morgan fingerprint density at radius 3 is 2.66 bits per heavy atom. The molecular formula is C24H30N4O4. The van der Waals surface area contributed by atoms with E-state index in [9.17, 15) is 4.79 Å². The minimum Gasteiger partial charge on any atom is -0.491 e. The fourth-order valence-corrected chi connectivity index (χ4v) is 3.61. The number of aromatic nitrogens is 4. The van der Waals surface area contributed by atoms with Crippen LogP contribution in [0.5, 0.6) is 5.75 Å². The Kier molecular flexibility index (Phi) is 8.35. The molecule has 32 heavy (non-hydrogen) atoms. The van der Waals surface area contributed by atoms with E-state index in [1.807, 2.05) is 30.5 Å². The summed E-state index contributed by atoms with van der Waals surface area (Å²) in [6, 6.07) is 11.2. The van der Waals surface area contributed by atoms with Gasteiger partial charge in [0.15, 0.2) is 5.75 Å². The van der Waals surface area contributed by atoms with Crippen LogP contribution in [0, 0.1) is 5.92 Å². The normalized spacial score (nSPS) is 13.4. The summed E-state index contributed by atoms with van der Waals surface area (Å²) in [5.41, 5.74) is 2.40. The van der Waals surface area contributed by atoms with Crippen molar-refractivity contribution in [1.29, 1.82) is 0 Å². The van der Waals surface area contributed by atoms with Crippen LogP contribution < -0.4 is 10.3 Å². The Balaban J connectivity index is 1.63. The van der Waals surface area contributed by atoms with Crippen LogP contribution in [0.1, 0.15) is 30.7 Å². The van der Waals surface area contributed by atoms with Crippen LogP contribution in [0.15, 0.2) is 65.7 Å². The first-order valence-corrected chi connectivity index (χ1v) is 10.6. The Morgan fingerprint density at radius 1 is 1.19 bits per heavy atom. The number of hydrogen-bond acceptors (Lipinski definition) is 6. The molecule has 0 aliphatic carbocycles. The van der Waals surface area contributed by atoms with Gasteiger partial charge < -0.3 is 14.6 Å². The second-order valence-corrected chi connectivity index (χ2v) is 7.52. The van der Waals surface area contributed by atoms with Crippen molar-refractivity contribution in [3.05, 3.63) is 82.6 Å². The van der Waals surface area contributed by atoms with E-state index in [-0.39, 0.29) is 24.2 Å². The standard InChI is InChI=1S/C24H30N4O4/c1-18(7-4-5-14-27-17-20(13-16-29)25-26-27)23(32-3)19-9-11-21(12-10-19)28-15-6-8-22(31-2)24(28)30/h4,6-12,15,17-18,23,29H,5,13-14,16H2,1-3H3/b7-4+/t18-,23+/m0/s1. The van der Waals surface area contributed by atoms with Crippen LogP contribution in [0.3, 0.4) is 0 Å². The van der Waals surface area contributed by atoms with E-state index in [0.717, 1.165) is 29.9 Å². The zero-order valence-electron chi connectivity index (χ0n) is 18.7. The quantitative estimate of drug-likeness (QED) is 0.463. The van der Waals surface area contributed by atoms with Crippen molar-refractivity contribution >= 4 is 0 Å². The summed E-state index contributed by atoms with van der Waals surface area (Å²) in [5.74, 6) is 0.465. The molecule has 0 aliphatic heterocycles. The molecule has 0 fully saturated rings. The minimum atomic E-state index is -0.196. The molecule has 0 aliphatic rings. The molecule has 0 amide bonds. The predicted molar refractivity (Wildman–Crippen MR) is 122 cm³/mol. The molecule has 0 unspecified atom stereocenters. The maximum Gasteiger partial charge on any atom is 0.297 e. The highest BCUT2D eigenvalue weighted by Crippen LogP contribution is 2.27. The summed E-state index contributed by atoms with van der Waals surface area (Å²) in [5, 5.41) is 17.1. The molecule has 2 heterocycles. The Labute approximate surface area is 187 Å². The average Bonchev–Trinajstić information content (AvgIpc) is 3.25. The van der Waals surface area contributed by atoms with Crippen molar-refractivity contribution in [2.24, 2.45) is 5.92 Å². The predicted octanol–water partition coefficient (Wildman–Crippen LogP) is 2.94. The van der Waals surface area contributed by atoms with Gasteiger partial charge in [0, 0.05) is 50.7 Å². The number of allylic oxidation sites excluding steroid dienone is 1. The summed E-state index contributed by atoms with van der Waals surface area (Å²) in [6.07, 6.45) is 9.08. The molecule has 1 aromatic carbocycles. The van der Waals surface area contributed by atoms with E-state index in [4.69, 9.17) is 14.6 Å². The Bertz CT molecular complexity index is 1070. The van der Waals surface area contributed by atoms with E-state index < -0.39 is 0 Å². The van der Waals surface area contributed by atoms with Crippen LogP contribution in [0.4, 0.5) is 0 Å². The van der Waals surface area contributed by atoms with Crippen LogP contribution in [0.2, 0.25) is 0 Å². The lowest BCUT2D eigenvalue weighted by Crippen LogP contribution is -2.19. The van der Waals surface area contributed by atoms with E-state index in [1.54, 1.807) is 34.7 Å². The van der Waals surface area contributed by atoms with Crippen LogP contribution in [-0.4, -0.2) is 45.5 Å². The summed E-state index contributed by atoms with van der Waals surface area (Å²) < 4.78 is 14.2. The van der Waals surface area contributed by atoms with Crippen molar-refractivity contribution in [2.45, 2.75) is 32.4 Å². The second kappa shape index (κ2) is 11.4. The molecule has 2 aromatic heterocycles. The van der Waals surface area contributed by atoms with Crippen molar-refractivity contribution in [3.8, 4) is 11.4 Å². The van der Waals surface area contributed by atoms with Crippen molar-refractivity contribution in [3.63, 3.8) is 0 Å². The lowest BCUT2D eigenvalue weighted by atomic mass is 9.96. The molecule has 0 bridgehead atoms. The van der Waals surface area contributed by atoms with Gasteiger partial charge in [0.1, 0.15) is 0 Å². The van der Waals surface area contributed by atoms with Crippen molar-refractivity contribution < 1.29 is 14.6 Å². The largest absolute Gasteiger partial charge is 0.491 e. The monoisotopic (exact) mass is 438 g/mol. The van der Waals surface area contributed by atoms with Gasteiger partial charge in [-0.25, -0.2) is 0 Å². The van der Waals surface area contributed by atoms with Gasteiger partial charge in [0.2, 0.25) is 0 Å². The Hall–Kier alpha value is -3.23. The van der Waals surface area contributed by atoms with Crippen molar-refractivity contribution in [2.75, 3.05) is 20.8 Å². The van der Waals surface area contributed by atoms with E-state index in [1.165, 1.54) is 7.11 Å². The maximum absolute atomic E-state index is 12.4. The first-order chi connectivity index (χ1) is 15.6. The lowest BCUT2D eigenvalue weighted by molar-refractivity contribution is 0.0740. The van der Waals surface area contributed by atoms with E-state index >= 15 is 0 Å². The van der Waals surface area contributed by atoms with Gasteiger partial charge in [-0.3, -0.25) is 14.0 Å². The van der Waals surface area contributed by atoms with Gasteiger partial charge in [0.25, 0.3) is 5.56 Å². The number of ether oxygens (including phenoxy) is 2. The average molecular weight is 439 g/mol. The molecule has 3 rings (SSSR count). The van der Waals surface area contributed by atoms with Gasteiger partial charge in [0.05, 0.1) is 18.9 Å². The third kappa shape index (κ3) is 5.72.